The lowest BCUT2D eigenvalue weighted by atomic mass is 9.51. The summed E-state index contributed by atoms with van der Waals surface area (Å²) in [5.41, 5.74) is -0.880. The molecule has 9 heteroatoms. The van der Waals surface area contributed by atoms with Gasteiger partial charge in [0.15, 0.2) is 0 Å². The van der Waals surface area contributed by atoms with Gasteiger partial charge in [-0.25, -0.2) is 14.4 Å². The second kappa shape index (κ2) is 8.97. The van der Waals surface area contributed by atoms with Crippen LogP contribution in [0.25, 0.3) is 0 Å². The maximum Gasteiger partial charge on any atom is 0.331 e. The van der Waals surface area contributed by atoms with Gasteiger partial charge in [-0.2, -0.15) is 0 Å². The molecule has 2 spiro atoms. The molecule has 3 aliphatic heterocycles. The van der Waals surface area contributed by atoms with Crippen LogP contribution in [-0.4, -0.2) is 72.9 Å². The SMILES string of the molecule is CC1=C[C@H]2O[C@@H]3C[C@H]4OC(=O)/C=C\C=C\C(=O)OCC/C(C)=C/C(=O)OC[C@@]2(C[C@H]1O)[C@]4(C)[C@]31CO1. The minimum absolute atomic E-state index is 0.0446. The number of carbonyl (C=O) groups excluding carboxylic acids is 3. The maximum absolute atomic E-state index is 12.8. The van der Waals surface area contributed by atoms with Crippen molar-refractivity contribution in [3.05, 3.63) is 47.6 Å². The van der Waals surface area contributed by atoms with Crippen LogP contribution in [0.4, 0.5) is 0 Å². The molecule has 0 radical (unpaired) electrons. The lowest BCUT2D eigenvalue weighted by Gasteiger charge is -2.58. The molecule has 2 bridgehead atoms. The molecule has 0 unspecified atom stereocenters. The lowest BCUT2D eigenvalue weighted by Crippen LogP contribution is -2.68. The first-order chi connectivity index (χ1) is 17.1. The van der Waals surface area contributed by atoms with Gasteiger partial charge in [0.25, 0.3) is 0 Å². The van der Waals surface area contributed by atoms with Crippen LogP contribution in [0.3, 0.4) is 0 Å². The second-order valence-electron chi connectivity index (χ2n) is 10.6. The van der Waals surface area contributed by atoms with Crippen molar-refractivity contribution < 1.29 is 43.2 Å². The van der Waals surface area contributed by atoms with Crippen LogP contribution in [-0.2, 0) is 38.1 Å². The van der Waals surface area contributed by atoms with Gasteiger partial charge in [0.2, 0.25) is 0 Å². The second-order valence-corrected chi connectivity index (χ2v) is 10.6. The average molecular weight is 501 g/mol. The summed E-state index contributed by atoms with van der Waals surface area (Å²) in [5, 5.41) is 10.9. The smallest absolute Gasteiger partial charge is 0.331 e. The number of aliphatic hydroxyl groups is 1. The summed E-state index contributed by atoms with van der Waals surface area (Å²) in [7, 11) is 0. The van der Waals surface area contributed by atoms with Crippen LogP contribution in [0.15, 0.2) is 47.6 Å². The van der Waals surface area contributed by atoms with E-state index in [9.17, 15) is 19.5 Å². The summed E-state index contributed by atoms with van der Waals surface area (Å²) in [4.78, 5) is 37.4. The van der Waals surface area contributed by atoms with Gasteiger partial charge in [-0.05, 0) is 25.8 Å². The number of hydrogen-bond donors (Lipinski definition) is 1. The molecule has 3 fully saturated rings. The van der Waals surface area contributed by atoms with Crippen molar-refractivity contribution in [2.45, 2.75) is 70.1 Å². The fraction of sp³-hybridized carbons (Fsp3) is 0.593. The minimum Gasteiger partial charge on any atom is -0.462 e. The monoisotopic (exact) mass is 500 g/mol. The summed E-state index contributed by atoms with van der Waals surface area (Å²) >= 11 is 0. The lowest BCUT2D eigenvalue weighted by molar-refractivity contribution is -0.238. The van der Waals surface area contributed by atoms with Crippen molar-refractivity contribution in [3.63, 3.8) is 0 Å². The van der Waals surface area contributed by atoms with E-state index in [1.165, 1.54) is 30.4 Å². The molecule has 0 aromatic rings. The van der Waals surface area contributed by atoms with Crippen molar-refractivity contribution in [2.24, 2.45) is 10.8 Å². The fourth-order valence-corrected chi connectivity index (χ4v) is 6.46. The van der Waals surface area contributed by atoms with Crippen molar-refractivity contribution in [2.75, 3.05) is 19.8 Å². The Morgan fingerprint density at radius 3 is 2.42 bits per heavy atom. The Bertz CT molecular complexity index is 1080. The molecule has 5 rings (SSSR count). The molecular weight excluding hydrogens is 468 g/mol. The first-order valence-corrected chi connectivity index (χ1v) is 12.3. The van der Waals surface area contributed by atoms with E-state index in [1.54, 1.807) is 6.92 Å². The van der Waals surface area contributed by atoms with E-state index in [0.717, 1.165) is 5.57 Å². The van der Waals surface area contributed by atoms with Gasteiger partial charge in [0.05, 0.1) is 36.9 Å². The molecule has 0 amide bonds. The zero-order chi connectivity index (χ0) is 25.7. The van der Waals surface area contributed by atoms with Crippen LogP contribution < -0.4 is 0 Å². The molecule has 2 saturated heterocycles. The molecule has 2 aliphatic carbocycles. The highest BCUT2D eigenvalue weighted by Gasteiger charge is 2.83. The molecule has 3 heterocycles. The van der Waals surface area contributed by atoms with Crippen LogP contribution in [0.1, 0.15) is 40.0 Å². The zero-order valence-corrected chi connectivity index (χ0v) is 20.7. The molecule has 7 atom stereocenters. The molecule has 194 valence electrons. The molecule has 5 aliphatic rings. The molecule has 1 N–H and O–H groups in total. The minimum atomic E-state index is -0.887. The van der Waals surface area contributed by atoms with E-state index in [4.69, 9.17) is 23.7 Å². The molecule has 36 heavy (non-hydrogen) atoms. The largest absolute Gasteiger partial charge is 0.462 e. The van der Waals surface area contributed by atoms with Gasteiger partial charge >= 0.3 is 17.9 Å². The Hall–Kier alpha value is -2.75. The summed E-state index contributed by atoms with van der Waals surface area (Å²) in [6.45, 7) is 6.10. The maximum atomic E-state index is 12.8. The van der Waals surface area contributed by atoms with E-state index in [2.05, 4.69) is 0 Å². The quantitative estimate of drug-likeness (QED) is 0.231. The highest BCUT2D eigenvalue weighted by molar-refractivity contribution is 5.85. The third-order valence-electron chi connectivity index (χ3n) is 8.73. The Balaban J connectivity index is 1.55. The zero-order valence-electron chi connectivity index (χ0n) is 20.7. The van der Waals surface area contributed by atoms with Crippen LogP contribution in [0.2, 0.25) is 0 Å². The summed E-state index contributed by atoms with van der Waals surface area (Å²) < 4.78 is 29.5. The average Bonchev–Trinajstić information content (AvgIpc) is 3.59. The standard InChI is InChI=1S/C27H32O9/c1-16-8-9-32-22(29)6-4-5-7-23(30)36-19-12-21-27(15-34-27)25(19,3)26(14-33-24(31)10-16)13-18(28)17(2)11-20(26)35-21/h4-7,10-11,18-21,28H,8-9,12-15H2,1-3H3/b6-4+,7-5-,16-10+/t18-,19-,20-,21-,25-,26-,27+/m1/s1. The predicted molar refractivity (Wildman–Crippen MR) is 125 cm³/mol. The van der Waals surface area contributed by atoms with Gasteiger partial charge in [0.1, 0.15) is 18.3 Å². The van der Waals surface area contributed by atoms with Crippen LogP contribution in [0, 0.1) is 10.8 Å². The number of cyclic esters (lactones) is 2. The topological polar surface area (TPSA) is 121 Å². The molecule has 9 nitrogen and oxygen atoms in total. The number of carbonyl (C=O) groups is 3. The molecule has 0 aromatic heterocycles. The molecule has 0 aromatic carbocycles. The van der Waals surface area contributed by atoms with Crippen LogP contribution in [0.5, 0.6) is 0 Å². The van der Waals surface area contributed by atoms with E-state index in [0.29, 0.717) is 25.0 Å². The number of esters is 3. The van der Waals surface area contributed by atoms with Crippen molar-refractivity contribution in [1.29, 1.82) is 0 Å². The number of ether oxygens (including phenoxy) is 5. The number of hydrogen-bond acceptors (Lipinski definition) is 9. The van der Waals surface area contributed by atoms with E-state index < -0.39 is 52.7 Å². The van der Waals surface area contributed by atoms with Gasteiger partial charge < -0.3 is 28.8 Å². The Morgan fingerprint density at radius 2 is 1.69 bits per heavy atom. The van der Waals surface area contributed by atoms with Gasteiger partial charge in [-0.3, -0.25) is 0 Å². The Morgan fingerprint density at radius 1 is 0.972 bits per heavy atom. The normalized spacial score (nSPS) is 46.1. The Kier molecular flexibility index (Phi) is 6.21. The van der Waals surface area contributed by atoms with Crippen molar-refractivity contribution in [3.8, 4) is 0 Å². The fourth-order valence-electron chi connectivity index (χ4n) is 6.46. The first-order valence-electron chi connectivity index (χ1n) is 12.3. The third-order valence-corrected chi connectivity index (χ3v) is 8.73. The van der Waals surface area contributed by atoms with Crippen molar-refractivity contribution >= 4 is 17.9 Å². The molecule has 1 saturated carbocycles. The summed E-state index contributed by atoms with van der Waals surface area (Å²) in [5.74, 6) is -1.67. The van der Waals surface area contributed by atoms with E-state index >= 15 is 0 Å². The Labute approximate surface area is 209 Å². The number of rotatable bonds is 0. The van der Waals surface area contributed by atoms with E-state index in [1.807, 2.05) is 19.9 Å². The van der Waals surface area contributed by atoms with Gasteiger partial charge in [-0.1, -0.05) is 30.7 Å². The van der Waals surface area contributed by atoms with Gasteiger partial charge in [-0.15, -0.1) is 0 Å². The van der Waals surface area contributed by atoms with Crippen molar-refractivity contribution in [1.82, 2.24) is 0 Å². The van der Waals surface area contributed by atoms with E-state index in [-0.39, 0.29) is 25.7 Å². The highest BCUT2D eigenvalue weighted by atomic mass is 16.6. The molecular formula is C27H32O9. The third kappa shape index (κ3) is 3.84. The highest BCUT2D eigenvalue weighted by Crippen LogP contribution is 2.72. The number of allylic oxidation sites excluding steroid dienone is 2. The first kappa shape index (κ1) is 24.9. The number of aliphatic hydroxyl groups excluding tert-OH is 1. The summed E-state index contributed by atoms with van der Waals surface area (Å²) in [6.07, 6.45) is 7.53. The van der Waals surface area contributed by atoms with Crippen LogP contribution >= 0.6 is 0 Å². The predicted octanol–water partition coefficient (Wildman–Crippen LogP) is 2.09. The van der Waals surface area contributed by atoms with Gasteiger partial charge in [0, 0.05) is 36.5 Å². The summed E-state index contributed by atoms with van der Waals surface area (Å²) in [6, 6.07) is 0. The number of epoxide rings is 1.